The summed E-state index contributed by atoms with van der Waals surface area (Å²) in [6, 6.07) is 1.85. The number of nitrogens with zero attached hydrogens (tertiary/aromatic N) is 4. The van der Waals surface area contributed by atoms with Crippen LogP contribution in [0.2, 0.25) is 0 Å². The average Bonchev–Trinajstić information content (AvgIpc) is 2.54. The van der Waals surface area contributed by atoms with Crippen molar-refractivity contribution >= 4 is 5.91 Å². The Morgan fingerprint density at radius 2 is 1.91 bits per heavy atom. The topological polar surface area (TPSA) is 49.3 Å². The van der Waals surface area contributed by atoms with Gasteiger partial charge in [0.1, 0.15) is 11.5 Å². The lowest BCUT2D eigenvalue weighted by Gasteiger charge is -2.31. The number of carbonyl (C=O) groups excluding carboxylic acids is 1. The van der Waals surface area contributed by atoms with Crippen LogP contribution < -0.4 is 0 Å². The molecule has 0 spiro atoms. The third-order valence-corrected chi connectivity index (χ3v) is 5.12. The number of amides is 1. The number of aryl methyl sites for hydroxylation is 1. The van der Waals surface area contributed by atoms with Gasteiger partial charge in [0.2, 0.25) is 0 Å². The molecule has 1 atom stereocenters. The quantitative estimate of drug-likeness (QED) is 0.841. The number of hydrogen-bond donors (Lipinski definition) is 0. The molecule has 126 valence electrons. The van der Waals surface area contributed by atoms with Gasteiger partial charge in [0.05, 0.1) is 0 Å². The first kappa shape index (κ1) is 16.4. The molecule has 0 radical (unpaired) electrons. The normalized spacial score (nSPS) is 24.0. The number of likely N-dealkylation sites (tertiary alicyclic amines) is 2. The highest BCUT2D eigenvalue weighted by atomic mass is 16.2. The van der Waals surface area contributed by atoms with Crippen LogP contribution in [0, 0.1) is 12.8 Å². The van der Waals surface area contributed by atoms with E-state index in [1.165, 1.54) is 6.42 Å². The van der Waals surface area contributed by atoms with Crippen molar-refractivity contribution in [2.24, 2.45) is 5.92 Å². The zero-order chi connectivity index (χ0) is 16.4. The van der Waals surface area contributed by atoms with Crippen LogP contribution in [0.5, 0.6) is 0 Å². The van der Waals surface area contributed by atoms with Crippen LogP contribution in [-0.2, 0) is 0 Å². The van der Waals surface area contributed by atoms with Crippen LogP contribution in [0.4, 0.5) is 0 Å². The van der Waals surface area contributed by atoms with Crippen LogP contribution in [0.15, 0.2) is 6.07 Å². The van der Waals surface area contributed by atoms with E-state index >= 15 is 0 Å². The average molecular weight is 316 g/mol. The van der Waals surface area contributed by atoms with Gasteiger partial charge < -0.3 is 9.80 Å². The van der Waals surface area contributed by atoms with Crippen LogP contribution in [0.1, 0.15) is 60.5 Å². The fourth-order valence-electron chi connectivity index (χ4n) is 3.69. The minimum Gasteiger partial charge on any atom is -0.337 e. The highest BCUT2D eigenvalue weighted by Crippen LogP contribution is 2.26. The molecule has 5 heteroatoms. The Labute approximate surface area is 139 Å². The van der Waals surface area contributed by atoms with E-state index in [4.69, 9.17) is 0 Å². The molecule has 3 heterocycles. The molecule has 0 aliphatic carbocycles. The van der Waals surface area contributed by atoms with E-state index in [0.717, 1.165) is 57.0 Å². The second kappa shape index (κ2) is 6.95. The molecule has 0 N–H and O–H groups in total. The van der Waals surface area contributed by atoms with Crippen molar-refractivity contribution in [1.29, 1.82) is 0 Å². The predicted molar refractivity (Wildman–Crippen MR) is 90.5 cm³/mol. The lowest BCUT2D eigenvalue weighted by atomic mass is 9.96. The summed E-state index contributed by atoms with van der Waals surface area (Å²) >= 11 is 0. The second-order valence-corrected chi connectivity index (χ2v) is 7.33. The first-order chi connectivity index (χ1) is 11.0. The largest absolute Gasteiger partial charge is 0.337 e. The van der Waals surface area contributed by atoms with Crippen LogP contribution in [0.25, 0.3) is 0 Å². The molecule has 2 aliphatic rings. The minimum atomic E-state index is 0.0798. The first-order valence-electron chi connectivity index (χ1n) is 8.86. The molecule has 2 saturated heterocycles. The van der Waals surface area contributed by atoms with Gasteiger partial charge in [0.15, 0.2) is 0 Å². The SMILES string of the molecule is Cc1cc(C(=O)N2CCC[C@@H](C)C2)nc(C2CCN(C)CC2)n1. The Kier molecular flexibility index (Phi) is 4.95. The Morgan fingerprint density at radius 1 is 1.17 bits per heavy atom. The molecule has 2 aliphatic heterocycles. The zero-order valence-electron chi connectivity index (χ0n) is 14.6. The van der Waals surface area contributed by atoms with Crippen molar-refractivity contribution in [2.75, 3.05) is 33.2 Å². The molecular weight excluding hydrogens is 288 g/mol. The van der Waals surface area contributed by atoms with Crippen LogP contribution >= 0.6 is 0 Å². The monoisotopic (exact) mass is 316 g/mol. The Bertz CT molecular complexity index is 566. The zero-order valence-corrected chi connectivity index (χ0v) is 14.6. The third-order valence-electron chi connectivity index (χ3n) is 5.12. The van der Waals surface area contributed by atoms with E-state index in [-0.39, 0.29) is 5.91 Å². The van der Waals surface area contributed by atoms with Gasteiger partial charge in [-0.2, -0.15) is 0 Å². The van der Waals surface area contributed by atoms with Gasteiger partial charge in [-0.3, -0.25) is 4.79 Å². The van der Waals surface area contributed by atoms with Crippen molar-refractivity contribution in [2.45, 2.75) is 45.4 Å². The molecular formula is C18H28N4O. The standard InChI is InChI=1S/C18H28N4O/c1-13-5-4-8-22(12-13)18(23)16-11-14(2)19-17(20-16)15-6-9-21(3)10-7-15/h11,13,15H,4-10,12H2,1-3H3/t13-/m1/s1. The minimum absolute atomic E-state index is 0.0798. The smallest absolute Gasteiger partial charge is 0.272 e. The fourth-order valence-corrected chi connectivity index (χ4v) is 3.69. The summed E-state index contributed by atoms with van der Waals surface area (Å²) in [4.78, 5) is 26.4. The lowest BCUT2D eigenvalue weighted by molar-refractivity contribution is 0.0676. The fraction of sp³-hybridized carbons (Fsp3) is 0.722. The van der Waals surface area contributed by atoms with Gasteiger partial charge in [-0.1, -0.05) is 6.92 Å². The lowest BCUT2D eigenvalue weighted by Crippen LogP contribution is -2.39. The molecule has 0 aromatic carbocycles. The molecule has 3 rings (SSSR count). The predicted octanol–water partition coefficient (Wildman–Crippen LogP) is 2.47. The van der Waals surface area contributed by atoms with Gasteiger partial charge in [0.25, 0.3) is 5.91 Å². The number of hydrogen-bond acceptors (Lipinski definition) is 4. The summed E-state index contributed by atoms with van der Waals surface area (Å²) in [5.74, 6) is 1.92. The Balaban J connectivity index is 1.78. The summed E-state index contributed by atoms with van der Waals surface area (Å²) < 4.78 is 0. The Hall–Kier alpha value is -1.49. The summed E-state index contributed by atoms with van der Waals surface area (Å²) in [5, 5.41) is 0. The molecule has 5 nitrogen and oxygen atoms in total. The molecule has 1 aromatic heterocycles. The highest BCUT2D eigenvalue weighted by molar-refractivity contribution is 5.92. The van der Waals surface area contributed by atoms with Gasteiger partial charge in [-0.05, 0) is 64.7 Å². The summed E-state index contributed by atoms with van der Waals surface area (Å²) in [7, 11) is 2.15. The van der Waals surface area contributed by atoms with E-state index in [0.29, 0.717) is 17.5 Å². The van der Waals surface area contributed by atoms with Crippen molar-refractivity contribution in [3.8, 4) is 0 Å². The molecule has 23 heavy (non-hydrogen) atoms. The number of aromatic nitrogens is 2. The van der Waals surface area contributed by atoms with Crippen molar-refractivity contribution in [3.05, 3.63) is 23.3 Å². The number of rotatable bonds is 2. The maximum absolute atomic E-state index is 12.8. The van der Waals surface area contributed by atoms with E-state index in [1.807, 2.05) is 17.9 Å². The van der Waals surface area contributed by atoms with Crippen molar-refractivity contribution < 1.29 is 4.79 Å². The first-order valence-corrected chi connectivity index (χ1v) is 8.86. The summed E-state index contributed by atoms with van der Waals surface area (Å²) in [6.07, 6.45) is 4.47. The van der Waals surface area contributed by atoms with E-state index in [9.17, 15) is 4.79 Å². The van der Waals surface area contributed by atoms with Gasteiger partial charge in [-0.25, -0.2) is 9.97 Å². The van der Waals surface area contributed by atoms with E-state index in [1.54, 1.807) is 0 Å². The van der Waals surface area contributed by atoms with Gasteiger partial charge in [0, 0.05) is 24.7 Å². The van der Waals surface area contributed by atoms with Crippen LogP contribution in [-0.4, -0.2) is 58.9 Å². The van der Waals surface area contributed by atoms with Gasteiger partial charge in [-0.15, -0.1) is 0 Å². The van der Waals surface area contributed by atoms with E-state index in [2.05, 4.69) is 28.8 Å². The third kappa shape index (κ3) is 3.89. The Morgan fingerprint density at radius 3 is 2.61 bits per heavy atom. The van der Waals surface area contributed by atoms with E-state index < -0.39 is 0 Å². The number of carbonyl (C=O) groups is 1. The molecule has 0 saturated carbocycles. The summed E-state index contributed by atoms with van der Waals surface area (Å²) in [6.45, 7) is 8.05. The molecule has 0 unspecified atom stereocenters. The molecule has 2 fully saturated rings. The van der Waals surface area contributed by atoms with Gasteiger partial charge >= 0.3 is 0 Å². The highest BCUT2D eigenvalue weighted by Gasteiger charge is 2.26. The van der Waals surface area contributed by atoms with Crippen molar-refractivity contribution in [1.82, 2.24) is 19.8 Å². The number of piperidine rings is 2. The molecule has 1 aromatic rings. The molecule has 0 bridgehead atoms. The van der Waals surface area contributed by atoms with Crippen LogP contribution in [0.3, 0.4) is 0 Å². The maximum Gasteiger partial charge on any atom is 0.272 e. The second-order valence-electron chi connectivity index (χ2n) is 7.33. The molecule has 1 amide bonds. The van der Waals surface area contributed by atoms with Crippen molar-refractivity contribution in [3.63, 3.8) is 0 Å². The maximum atomic E-state index is 12.8. The summed E-state index contributed by atoms with van der Waals surface area (Å²) in [5.41, 5.74) is 1.49.